The molecule has 0 N–H and O–H groups in total. The Morgan fingerprint density at radius 1 is 1.00 bits per heavy atom. The minimum Gasteiger partial charge on any atom is -0.467 e. The van der Waals surface area contributed by atoms with Gasteiger partial charge in [0.25, 0.3) is 0 Å². The highest BCUT2D eigenvalue weighted by molar-refractivity contribution is 7.99. The van der Waals surface area contributed by atoms with Crippen LogP contribution in [0.1, 0.15) is 27.2 Å². The highest BCUT2D eigenvalue weighted by atomic mass is 32.2. The molecule has 0 aliphatic rings. The third-order valence-electron chi connectivity index (χ3n) is 4.70. The van der Waals surface area contributed by atoms with Crippen LogP contribution in [0.2, 0.25) is 0 Å². The van der Waals surface area contributed by atoms with Crippen LogP contribution in [0.4, 0.5) is 0 Å². The van der Waals surface area contributed by atoms with Crippen LogP contribution < -0.4 is 0 Å². The standard InChI is InChI=1S/C23H21N3O2S/c1-16-9-11-18(12-10-16)21(27)15-29-23-25-24-22(20-8-4-3-6-17(20)2)26(23)14-19-7-5-13-28-19/h3-13H,14-15H2,1-2H3. The normalized spacial score (nSPS) is 11.0. The number of thioether (sulfide) groups is 1. The molecule has 146 valence electrons. The second kappa shape index (κ2) is 8.49. The van der Waals surface area contributed by atoms with Crippen LogP contribution in [0.3, 0.4) is 0 Å². The number of ketones is 1. The number of carbonyl (C=O) groups excluding carboxylic acids is 1. The van der Waals surface area contributed by atoms with Crippen molar-refractivity contribution >= 4 is 17.5 Å². The van der Waals surface area contributed by atoms with Gasteiger partial charge in [0.2, 0.25) is 0 Å². The zero-order valence-corrected chi connectivity index (χ0v) is 17.1. The molecule has 0 amide bonds. The highest BCUT2D eigenvalue weighted by Crippen LogP contribution is 2.27. The van der Waals surface area contributed by atoms with Crippen LogP contribution in [0, 0.1) is 13.8 Å². The second-order valence-corrected chi connectivity index (χ2v) is 7.81. The number of aryl methyl sites for hydroxylation is 2. The van der Waals surface area contributed by atoms with Gasteiger partial charge in [-0.2, -0.15) is 0 Å². The SMILES string of the molecule is Cc1ccc(C(=O)CSc2nnc(-c3ccccc3C)n2Cc2ccco2)cc1. The first-order chi connectivity index (χ1) is 14.1. The molecule has 0 fully saturated rings. The second-order valence-electron chi connectivity index (χ2n) is 6.86. The van der Waals surface area contributed by atoms with Crippen molar-refractivity contribution < 1.29 is 9.21 Å². The number of Topliss-reactive ketones (excluding diaryl/α,β-unsaturated/α-hetero) is 1. The van der Waals surface area contributed by atoms with Gasteiger partial charge in [-0.3, -0.25) is 9.36 Å². The van der Waals surface area contributed by atoms with Gasteiger partial charge in [0.05, 0.1) is 18.6 Å². The highest BCUT2D eigenvalue weighted by Gasteiger charge is 2.18. The van der Waals surface area contributed by atoms with E-state index in [9.17, 15) is 4.79 Å². The summed E-state index contributed by atoms with van der Waals surface area (Å²) in [4.78, 5) is 12.6. The molecule has 0 saturated carbocycles. The molecule has 6 heteroatoms. The molecule has 0 aliphatic carbocycles. The van der Waals surface area contributed by atoms with E-state index < -0.39 is 0 Å². The maximum atomic E-state index is 12.6. The number of rotatable bonds is 7. The lowest BCUT2D eigenvalue weighted by molar-refractivity contribution is 0.102. The van der Waals surface area contributed by atoms with Gasteiger partial charge in [0.1, 0.15) is 5.76 Å². The van der Waals surface area contributed by atoms with Gasteiger partial charge in [-0.15, -0.1) is 10.2 Å². The van der Waals surface area contributed by atoms with Crippen molar-refractivity contribution in [2.75, 3.05) is 5.75 Å². The van der Waals surface area contributed by atoms with E-state index in [0.29, 0.717) is 23.0 Å². The molecule has 4 rings (SSSR count). The van der Waals surface area contributed by atoms with E-state index in [1.807, 2.05) is 66.1 Å². The van der Waals surface area contributed by atoms with Crippen molar-refractivity contribution in [3.8, 4) is 11.4 Å². The number of hydrogen-bond donors (Lipinski definition) is 0. The van der Waals surface area contributed by atoms with Gasteiger partial charge < -0.3 is 4.42 Å². The molecule has 0 radical (unpaired) electrons. The third kappa shape index (κ3) is 4.32. The third-order valence-corrected chi connectivity index (χ3v) is 5.67. The summed E-state index contributed by atoms with van der Waals surface area (Å²) in [5.74, 6) is 1.95. The monoisotopic (exact) mass is 403 g/mol. The largest absolute Gasteiger partial charge is 0.467 e. The van der Waals surface area contributed by atoms with E-state index in [-0.39, 0.29) is 5.78 Å². The van der Waals surface area contributed by atoms with Gasteiger partial charge >= 0.3 is 0 Å². The number of benzene rings is 2. The lowest BCUT2D eigenvalue weighted by Crippen LogP contribution is -2.07. The van der Waals surface area contributed by atoms with Crippen molar-refractivity contribution in [2.24, 2.45) is 0 Å². The van der Waals surface area contributed by atoms with Crippen LogP contribution in [-0.4, -0.2) is 26.3 Å². The summed E-state index contributed by atoms with van der Waals surface area (Å²) >= 11 is 1.40. The van der Waals surface area contributed by atoms with Crippen LogP contribution in [0.5, 0.6) is 0 Å². The molecule has 4 aromatic rings. The first-order valence-electron chi connectivity index (χ1n) is 9.36. The molecule has 2 aromatic carbocycles. The fourth-order valence-corrected chi connectivity index (χ4v) is 3.90. The Balaban J connectivity index is 1.61. The van der Waals surface area contributed by atoms with E-state index in [2.05, 4.69) is 23.2 Å². The molecule has 0 unspecified atom stereocenters. The smallest absolute Gasteiger partial charge is 0.192 e. The van der Waals surface area contributed by atoms with Crippen molar-refractivity contribution in [3.63, 3.8) is 0 Å². The van der Waals surface area contributed by atoms with Crippen molar-refractivity contribution in [1.82, 2.24) is 14.8 Å². The summed E-state index contributed by atoms with van der Waals surface area (Å²) in [6, 6.07) is 19.5. The van der Waals surface area contributed by atoms with Crippen molar-refractivity contribution in [3.05, 3.63) is 89.4 Å². The zero-order valence-electron chi connectivity index (χ0n) is 16.3. The molecule has 5 nitrogen and oxygen atoms in total. The quantitative estimate of drug-likeness (QED) is 0.314. The van der Waals surface area contributed by atoms with E-state index in [1.54, 1.807) is 6.26 Å². The molecule has 2 aromatic heterocycles. The number of nitrogens with zero attached hydrogens (tertiary/aromatic N) is 3. The molecular weight excluding hydrogens is 382 g/mol. The van der Waals surface area contributed by atoms with E-state index >= 15 is 0 Å². The summed E-state index contributed by atoms with van der Waals surface area (Å²) in [5.41, 5.74) is 3.98. The molecule has 0 atom stereocenters. The van der Waals surface area contributed by atoms with Crippen LogP contribution in [0.15, 0.2) is 76.5 Å². The molecule has 0 spiro atoms. The molecular formula is C23H21N3O2S. The molecule has 2 heterocycles. The summed E-state index contributed by atoms with van der Waals surface area (Å²) in [6.07, 6.45) is 1.65. The van der Waals surface area contributed by atoms with Crippen LogP contribution in [-0.2, 0) is 6.54 Å². The maximum absolute atomic E-state index is 12.6. The molecule has 0 bridgehead atoms. The lowest BCUT2D eigenvalue weighted by atomic mass is 10.1. The Hall–Kier alpha value is -3.12. The number of hydrogen-bond acceptors (Lipinski definition) is 5. The Morgan fingerprint density at radius 2 is 1.79 bits per heavy atom. The minimum atomic E-state index is 0.0694. The topological polar surface area (TPSA) is 60.9 Å². The first kappa shape index (κ1) is 19.2. The Bertz CT molecular complexity index is 1120. The number of furan rings is 1. The summed E-state index contributed by atoms with van der Waals surface area (Å²) in [6.45, 7) is 4.56. The van der Waals surface area contributed by atoms with Gasteiger partial charge in [-0.05, 0) is 31.5 Å². The van der Waals surface area contributed by atoms with Gasteiger partial charge in [0, 0.05) is 11.1 Å². The van der Waals surface area contributed by atoms with Gasteiger partial charge in [-0.1, -0.05) is 65.9 Å². The average Bonchev–Trinajstić information content (AvgIpc) is 3.38. The molecule has 29 heavy (non-hydrogen) atoms. The lowest BCUT2D eigenvalue weighted by Gasteiger charge is -2.10. The van der Waals surface area contributed by atoms with Crippen LogP contribution in [0.25, 0.3) is 11.4 Å². The number of carbonyl (C=O) groups is 1. The first-order valence-corrected chi connectivity index (χ1v) is 10.3. The summed E-state index contributed by atoms with van der Waals surface area (Å²) < 4.78 is 7.54. The van der Waals surface area contributed by atoms with E-state index in [1.165, 1.54) is 11.8 Å². The Kier molecular flexibility index (Phi) is 5.62. The van der Waals surface area contributed by atoms with Gasteiger partial charge in [-0.25, -0.2) is 0 Å². The maximum Gasteiger partial charge on any atom is 0.192 e. The summed E-state index contributed by atoms with van der Waals surface area (Å²) in [7, 11) is 0. The van der Waals surface area contributed by atoms with Crippen LogP contribution >= 0.6 is 11.8 Å². The van der Waals surface area contributed by atoms with Crippen molar-refractivity contribution in [1.29, 1.82) is 0 Å². The predicted molar refractivity (Wildman–Crippen MR) is 114 cm³/mol. The van der Waals surface area contributed by atoms with Gasteiger partial charge in [0.15, 0.2) is 16.8 Å². The Labute approximate surface area is 173 Å². The fourth-order valence-electron chi connectivity index (χ4n) is 3.07. The van der Waals surface area contributed by atoms with Crippen molar-refractivity contribution in [2.45, 2.75) is 25.5 Å². The molecule has 0 aliphatic heterocycles. The Morgan fingerprint density at radius 3 is 2.52 bits per heavy atom. The average molecular weight is 404 g/mol. The predicted octanol–water partition coefficient (Wildman–Crippen LogP) is 5.18. The summed E-state index contributed by atoms with van der Waals surface area (Å²) in [5, 5.41) is 9.50. The van der Waals surface area contributed by atoms with E-state index in [4.69, 9.17) is 4.42 Å². The number of aromatic nitrogens is 3. The molecule has 0 saturated heterocycles. The minimum absolute atomic E-state index is 0.0694. The fraction of sp³-hybridized carbons (Fsp3) is 0.174. The van der Waals surface area contributed by atoms with E-state index in [0.717, 1.165) is 28.3 Å². The zero-order chi connectivity index (χ0) is 20.2.